The molecule has 1 amide bonds. The van der Waals surface area contributed by atoms with Gasteiger partial charge in [-0.05, 0) is 60.4 Å². The number of halogens is 1. The first-order valence-electron chi connectivity index (χ1n) is 12.4. The maximum atomic E-state index is 13.0. The lowest BCUT2D eigenvalue weighted by atomic mass is 9.72. The lowest BCUT2D eigenvalue weighted by molar-refractivity contribution is -0.113. The summed E-state index contributed by atoms with van der Waals surface area (Å²) in [6.07, 6.45) is 4.66. The molecular formula is C28H28BrN5O2S2. The number of carbonyl (C=O) groups is 1. The van der Waals surface area contributed by atoms with Crippen LogP contribution in [0.1, 0.15) is 43.2 Å². The van der Waals surface area contributed by atoms with E-state index in [2.05, 4.69) is 64.9 Å². The number of nitrogens with zero attached hydrogens (tertiary/aromatic N) is 4. The van der Waals surface area contributed by atoms with Crippen molar-refractivity contribution in [3.63, 3.8) is 0 Å². The highest BCUT2D eigenvalue weighted by atomic mass is 79.9. The Bertz CT molecular complexity index is 1570. The van der Waals surface area contributed by atoms with E-state index in [9.17, 15) is 10.1 Å². The third-order valence-corrected chi connectivity index (χ3v) is 9.54. The minimum atomic E-state index is -0.180. The van der Waals surface area contributed by atoms with Crippen molar-refractivity contribution in [1.82, 2.24) is 14.8 Å². The Balaban J connectivity index is 1.31. The zero-order chi connectivity index (χ0) is 27.0. The summed E-state index contributed by atoms with van der Waals surface area (Å²) in [5, 5.41) is 23.7. The van der Waals surface area contributed by atoms with Gasteiger partial charge in [-0.1, -0.05) is 54.5 Å². The lowest BCUT2D eigenvalue weighted by Gasteiger charge is -2.33. The number of hydrogen-bond acceptors (Lipinski definition) is 7. The molecule has 0 saturated heterocycles. The SMILES string of the molecule is C=CCn1c(SCC(=O)Nc2sc3c(c2C#N)CC[C@@H](C(C)(C)C)C3)nnc1-c1cc2cc(Br)ccc2o1. The molecule has 10 heteroatoms. The molecule has 0 spiro atoms. The number of hydrogen-bond donors (Lipinski definition) is 1. The van der Waals surface area contributed by atoms with E-state index in [4.69, 9.17) is 4.42 Å². The van der Waals surface area contributed by atoms with Gasteiger partial charge in [0.05, 0.1) is 11.3 Å². The number of thioether (sulfide) groups is 1. The average Bonchev–Trinajstić information content (AvgIpc) is 3.56. The van der Waals surface area contributed by atoms with Gasteiger partial charge in [-0.15, -0.1) is 28.1 Å². The van der Waals surface area contributed by atoms with Crippen molar-refractivity contribution in [2.75, 3.05) is 11.1 Å². The number of benzene rings is 1. The zero-order valence-electron chi connectivity index (χ0n) is 21.5. The van der Waals surface area contributed by atoms with Crippen LogP contribution in [0.3, 0.4) is 0 Å². The van der Waals surface area contributed by atoms with E-state index in [1.165, 1.54) is 16.6 Å². The molecule has 0 unspecified atom stereocenters. The number of aromatic nitrogens is 3. The van der Waals surface area contributed by atoms with E-state index in [1.54, 1.807) is 17.4 Å². The summed E-state index contributed by atoms with van der Waals surface area (Å²) in [4.78, 5) is 14.2. The number of rotatable bonds is 7. The number of thiophene rings is 1. The smallest absolute Gasteiger partial charge is 0.235 e. The molecule has 0 aliphatic heterocycles. The first-order valence-corrected chi connectivity index (χ1v) is 15.0. The normalized spacial score (nSPS) is 15.3. The topological polar surface area (TPSA) is 96.7 Å². The van der Waals surface area contributed by atoms with Crippen molar-refractivity contribution in [2.24, 2.45) is 11.3 Å². The molecule has 0 bridgehead atoms. The highest BCUT2D eigenvalue weighted by Crippen LogP contribution is 2.44. The Labute approximate surface area is 238 Å². The molecule has 1 aliphatic carbocycles. The maximum Gasteiger partial charge on any atom is 0.235 e. The van der Waals surface area contributed by atoms with E-state index in [1.807, 2.05) is 28.8 Å². The molecule has 0 radical (unpaired) electrons. The van der Waals surface area contributed by atoms with Crippen LogP contribution < -0.4 is 5.32 Å². The highest BCUT2D eigenvalue weighted by molar-refractivity contribution is 9.10. The molecule has 1 atom stereocenters. The van der Waals surface area contributed by atoms with Gasteiger partial charge in [-0.3, -0.25) is 9.36 Å². The number of anilines is 1. The van der Waals surface area contributed by atoms with Crippen molar-refractivity contribution in [3.05, 3.63) is 57.4 Å². The van der Waals surface area contributed by atoms with Crippen molar-refractivity contribution >= 4 is 60.9 Å². The van der Waals surface area contributed by atoms with Crippen LogP contribution in [0.2, 0.25) is 0 Å². The molecule has 38 heavy (non-hydrogen) atoms. The van der Waals surface area contributed by atoms with Crippen LogP contribution in [0.25, 0.3) is 22.6 Å². The fraction of sp³-hybridized carbons (Fsp3) is 0.357. The molecule has 1 aromatic carbocycles. The van der Waals surface area contributed by atoms with Crippen molar-refractivity contribution in [3.8, 4) is 17.7 Å². The monoisotopic (exact) mass is 609 g/mol. The van der Waals surface area contributed by atoms with Crippen LogP contribution in [0, 0.1) is 22.7 Å². The first kappa shape index (κ1) is 26.7. The molecule has 0 fully saturated rings. The van der Waals surface area contributed by atoms with Crippen molar-refractivity contribution in [1.29, 1.82) is 5.26 Å². The Morgan fingerprint density at radius 3 is 2.95 bits per heavy atom. The number of nitrogens with one attached hydrogen (secondary N) is 1. The van der Waals surface area contributed by atoms with Gasteiger partial charge in [-0.25, -0.2) is 0 Å². The second kappa shape index (κ2) is 10.7. The van der Waals surface area contributed by atoms with Crippen molar-refractivity contribution in [2.45, 2.75) is 51.7 Å². The van der Waals surface area contributed by atoms with Crippen LogP contribution in [0.15, 0.2) is 51.0 Å². The van der Waals surface area contributed by atoms with Gasteiger partial charge in [0.25, 0.3) is 0 Å². The molecule has 1 aliphatic rings. The average molecular weight is 611 g/mol. The number of amides is 1. The minimum absolute atomic E-state index is 0.139. The quantitative estimate of drug-likeness (QED) is 0.172. The molecule has 0 saturated carbocycles. The largest absolute Gasteiger partial charge is 0.453 e. The van der Waals surface area contributed by atoms with E-state index < -0.39 is 0 Å². The molecule has 4 aromatic rings. The van der Waals surface area contributed by atoms with Crippen LogP contribution in [-0.2, 0) is 24.2 Å². The molecule has 5 rings (SSSR count). The summed E-state index contributed by atoms with van der Waals surface area (Å²) in [6, 6.07) is 10.1. The zero-order valence-corrected chi connectivity index (χ0v) is 24.7. The van der Waals surface area contributed by atoms with Crippen LogP contribution in [0.4, 0.5) is 5.00 Å². The Morgan fingerprint density at radius 2 is 2.21 bits per heavy atom. The summed E-state index contributed by atoms with van der Waals surface area (Å²) in [6.45, 7) is 11.1. The number of carbonyl (C=O) groups excluding carboxylic acids is 1. The Hall–Kier alpha value is -2.87. The second-order valence-corrected chi connectivity index (χ2v) is 13.4. The number of allylic oxidation sites excluding steroid dienone is 1. The van der Waals surface area contributed by atoms with Gasteiger partial charge in [0.15, 0.2) is 10.9 Å². The van der Waals surface area contributed by atoms with E-state index in [-0.39, 0.29) is 17.1 Å². The molecular weight excluding hydrogens is 582 g/mol. The van der Waals surface area contributed by atoms with Gasteiger partial charge in [0.1, 0.15) is 16.7 Å². The number of nitriles is 1. The maximum absolute atomic E-state index is 13.0. The highest BCUT2D eigenvalue weighted by Gasteiger charge is 2.32. The number of furan rings is 1. The van der Waals surface area contributed by atoms with E-state index >= 15 is 0 Å². The summed E-state index contributed by atoms with van der Waals surface area (Å²) >= 11 is 6.33. The molecule has 7 nitrogen and oxygen atoms in total. The van der Waals surface area contributed by atoms with Gasteiger partial charge in [0.2, 0.25) is 11.7 Å². The fourth-order valence-corrected chi connectivity index (χ4v) is 7.24. The van der Waals surface area contributed by atoms with Gasteiger partial charge in [0, 0.05) is 21.3 Å². The summed E-state index contributed by atoms with van der Waals surface area (Å²) < 4.78 is 8.86. The standard InChI is InChI=1S/C28H28BrN5O2S2/c1-5-10-34-25(22-12-16-11-18(29)7-9-21(16)36-22)32-33-27(34)37-15-24(35)31-26-20(14-30)19-8-6-17(28(2,3)4)13-23(19)38-26/h5,7,9,11-12,17H,1,6,8,10,13,15H2,2-4H3,(H,31,35)/t17-/m1/s1. The van der Waals surface area contributed by atoms with Gasteiger partial charge >= 0.3 is 0 Å². The van der Waals surface area contributed by atoms with Gasteiger partial charge < -0.3 is 9.73 Å². The molecule has 3 aromatic heterocycles. The predicted molar refractivity (Wildman–Crippen MR) is 156 cm³/mol. The Morgan fingerprint density at radius 1 is 1.39 bits per heavy atom. The third kappa shape index (κ3) is 5.33. The first-order chi connectivity index (χ1) is 18.2. The van der Waals surface area contributed by atoms with E-state index in [0.717, 1.165) is 40.3 Å². The van der Waals surface area contributed by atoms with Crippen molar-refractivity contribution < 1.29 is 9.21 Å². The van der Waals surface area contributed by atoms with Crippen LogP contribution in [-0.4, -0.2) is 26.4 Å². The van der Waals surface area contributed by atoms with E-state index in [0.29, 0.717) is 39.8 Å². The third-order valence-electron chi connectivity index (χ3n) is 6.91. The van der Waals surface area contributed by atoms with Gasteiger partial charge in [-0.2, -0.15) is 5.26 Å². The fourth-order valence-electron chi connectivity index (χ4n) is 4.82. The molecule has 1 N–H and O–H groups in total. The summed E-state index contributed by atoms with van der Waals surface area (Å²) in [5.41, 5.74) is 2.69. The van der Waals surface area contributed by atoms with Crippen LogP contribution in [0.5, 0.6) is 0 Å². The van der Waals surface area contributed by atoms with Crippen LogP contribution >= 0.6 is 39.0 Å². The number of fused-ring (bicyclic) bond motifs is 2. The molecule has 3 heterocycles. The minimum Gasteiger partial charge on any atom is -0.453 e. The summed E-state index contributed by atoms with van der Waals surface area (Å²) in [7, 11) is 0. The molecule has 196 valence electrons. The Kier molecular flexibility index (Phi) is 7.54. The predicted octanol–water partition coefficient (Wildman–Crippen LogP) is 7.45. The second-order valence-electron chi connectivity index (χ2n) is 10.5. The lowest BCUT2D eigenvalue weighted by Crippen LogP contribution is -2.26. The summed E-state index contributed by atoms with van der Waals surface area (Å²) in [5.74, 6) is 1.70.